The van der Waals surface area contributed by atoms with Crippen LogP contribution in [0.5, 0.6) is 0 Å². The third kappa shape index (κ3) is 2.54. The van der Waals surface area contributed by atoms with Crippen molar-refractivity contribution < 1.29 is 0 Å². The highest BCUT2D eigenvalue weighted by atomic mass is 16.2. The van der Waals surface area contributed by atoms with Crippen LogP contribution in [-0.4, -0.2) is 0 Å². The molecule has 3 rings (SSSR count). The molecule has 0 saturated heterocycles. The Morgan fingerprint density at radius 1 is 1.27 bits per heavy atom. The van der Waals surface area contributed by atoms with Crippen LogP contribution in [0.25, 0.3) is 0 Å². The second-order valence-corrected chi connectivity index (χ2v) is 6.67. The first-order chi connectivity index (χ1) is 10.5. The Bertz CT molecular complexity index is 770. The lowest BCUT2D eigenvalue weighted by atomic mass is 9.85. The molecule has 1 unspecified atom stereocenters. The fraction of sp³-hybridized carbons (Fsp3) is 0.444. The van der Waals surface area contributed by atoms with E-state index in [1.807, 2.05) is 0 Å². The molecular weight excluding hydrogens is 276 g/mol. The predicted molar refractivity (Wildman–Crippen MR) is 90.1 cm³/mol. The summed E-state index contributed by atoms with van der Waals surface area (Å²) in [7, 11) is 0. The minimum Gasteiger partial charge on any atom is -0.394 e. The standard InChI is InChI=1S/C18H22N2O2/c1-10(2)8-11-6-7-12-4-3-5-14(13(12)9-11)20-16-15(19)17(21)18(16)22/h6-7,9-10,14,20H,3-5,8,19H2,1-2H3. The van der Waals surface area contributed by atoms with Gasteiger partial charge < -0.3 is 11.1 Å². The average molecular weight is 298 g/mol. The first kappa shape index (κ1) is 14.8. The molecule has 2 aromatic rings. The van der Waals surface area contributed by atoms with Gasteiger partial charge in [0.1, 0.15) is 11.4 Å². The molecule has 0 fully saturated rings. The van der Waals surface area contributed by atoms with Gasteiger partial charge in [0.25, 0.3) is 10.9 Å². The zero-order valence-corrected chi connectivity index (χ0v) is 13.1. The zero-order valence-electron chi connectivity index (χ0n) is 13.1. The minimum atomic E-state index is -0.563. The molecule has 0 heterocycles. The van der Waals surface area contributed by atoms with E-state index >= 15 is 0 Å². The lowest BCUT2D eigenvalue weighted by molar-refractivity contribution is 0.595. The second kappa shape index (κ2) is 5.59. The summed E-state index contributed by atoms with van der Waals surface area (Å²) >= 11 is 0. The lowest BCUT2D eigenvalue weighted by Crippen LogP contribution is -2.38. The first-order valence-electron chi connectivity index (χ1n) is 7.94. The molecule has 3 N–H and O–H groups in total. The summed E-state index contributed by atoms with van der Waals surface area (Å²) in [5, 5.41) is 3.21. The topological polar surface area (TPSA) is 72.2 Å². The Morgan fingerprint density at radius 2 is 2.05 bits per heavy atom. The smallest absolute Gasteiger partial charge is 0.253 e. The average Bonchev–Trinajstić information content (AvgIpc) is 2.51. The van der Waals surface area contributed by atoms with Crippen LogP contribution in [-0.2, 0) is 12.8 Å². The highest BCUT2D eigenvalue weighted by Crippen LogP contribution is 2.34. The highest BCUT2D eigenvalue weighted by Gasteiger charge is 2.25. The Labute approximate surface area is 130 Å². The van der Waals surface area contributed by atoms with Crippen LogP contribution in [0.4, 0.5) is 11.4 Å². The maximum atomic E-state index is 11.6. The molecule has 0 spiro atoms. The van der Waals surface area contributed by atoms with Gasteiger partial charge in [-0.25, -0.2) is 0 Å². The number of nitrogens with two attached hydrogens (primary N) is 1. The van der Waals surface area contributed by atoms with Crippen LogP contribution >= 0.6 is 0 Å². The van der Waals surface area contributed by atoms with E-state index in [4.69, 9.17) is 5.73 Å². The molecular formula is C18H22N2O2. The quantitative estimate of drug-likeness (QED) is 0.851. The van der Waals surface area contributed by atoms with E-state index in [1.54, 1.807) is 0 Å². The van der Waals surface area contributed by atoms with Gasteiger partial charge in [-0.3, -0.25) is 9.59 Å². The summed E-state index contributed by atoms with van der Waals surface area (Å²) < 4.78 is 0. The van der Waals surface area contributed by atoms with Gasteiger partial charge in [-0.05, 0) is 48.3 Å². The van der Waals surface area contributed by atoms with Crippen molar-refractivity contribution in [2.45, 2.75) is 45.6 Å². The van der Waals surface area contributed by atoms with Crippen LogP contribution < -0.4 is 21.9 Å². The molecule has 1 aliphatic rings. The molecule has 0 amide bonds. The van der Waals surface area contributed by atoms with Gasteiger partial charge in [-0.1, -0.05) is 32.0 Å². The molecule has 4 heteroatoms. The molecule has 116 valence electrons. The number of nitrogen functional groups attached to an aromatic ring is 1. The predicted octanol–water partition coefficient (Wildman–Crippen LogP) is 2.55. The number of benzene rings is 1. The summed E-state index contributed by atoms with van der Waals surface area (Å²) in [4.78, 5) is 22.9. The van der Waals surface area contributed by atoms with E-state index in [-0.39, 0.29) is 11.7 Å². The van der Waals surface area contributed by atoms with Gasteiger partial charge in [0.2, 0.25) is 0 Å². The third-order valence-electron chi connectivity index (χ3n) is 4.43. The SMILES string of the molecule is CC(C)Cc1ccc2c(c1)C(Nc1c(N)c(=O)c1=O)CCC2. The fourth-order valence-electron chi connectivity index (χ4n) is 3.32. The van der Waals surface area contributed by atoms with E-state index in [1.165, 1.54) is 16.7 Å². The third-order valence-corrected chi connectivity index (χ3v) is 4.43. The molecule has 1 aliphatic carbocycles. The number of nitrogens with one attached hydrogen (secondary N) is 1. The molecule has 0 aromatic heterocycles. The van der Waals surface area contributed by atoms with Gasteiger partial charge in [0.05, 0.1) is 6.04 Å². The maximum Gasteiger partial charge on any atom is 0.253 e. The van der Waals surface area contributed by atoms with Crippen LogP contribution in [0, 0.1) is 5.92 Å². The minimum absolute atomic E-state index is 0.0708. The van der Waals surface area contributed by atoms with E-state index in [0.29, 0.717) is 11.6 Å². The molecule has 0 radical (unpaired) electrons. The Morgan fingerprint density at radius 3 is 2.73 bits per heavy atom. The van der Waals surface area contributed by atoms with Crippen molar-refractivity contribution in [1.82, 2.24) is 0 Å². The molecule has 0 saturated carbocycles. The summed E-state index contributed by atoms with van der Waals surface area (Å²) in [5.74, 6) is 0.609. The first-order valence-corrected chi connectivity index (χ1v) is 7.94. The van der Waals surface area contributed by atoms with Crippen LogP contribution in [0.3, 0.4) is 0 Å². The van der Waals surface area contributed by atoms with Crippen molar-refractivity contribution in [3.63, 3.8) is 0 Å². The van der Waals surface area contributed by atoms with Crippen LogP contribution in [0.2, 0.25) is 0 Å². The number of fused-ring (bicyclic) bond motifs is 1. The van der Waals surface area contributed by atoms with E-state index in [0.717, 1.165) is 25.7 Å². The molecule has 22 heavy (non-hydrogen) atoms. The van der Waals surface area contributed by atoms with Crippen molar-refractivity contribution in [3.8, 4) is 0 Å². The van der Waals surface area contributed by atoms with Crippen molar-refractivity contribution in [1.29, 1.82) is 0 Å². The van der Waals surface area contributed by atoms with Crippen LogP contribution in [0.15, 0.2) is 27.8 Å². The van der Waals surface area contributed by atoms with Crippen molar-refractivity contribution in [2.75, 3.05) is 11.1 Å². The second-order valence-electron chi connectivity index (χ2n) is 6.67. The monoisotopic (exact) mass is 298 g/mol. The summed E-state index contributed by atoms with van der Waals surface area (Å²) in [6, 6.07) is 6.72. The Kier molecular flexibility index (Phi) is 3.77. The molecule has 0 bridgehead atoms. The number of rotatable bonds is 4. The number of anilines is 2. The van der Waals surface area contributed by atoms with Crippen LogP contribution in [0.1, 0.15) is 49.4 Å². The molecule has 4 nitrogen and oxygen atoms in total. The van der Waals surface area contributed by atoms with E-state index in [2.05, 4.69) is 37.4 Å². The van der Waals surface area contributed by atoms with E-state index in [9.17, 15) is 9.59 Å². The van der Waals surface area contributed by atoms with Gasteiger partial charge in [-0.15, -0.1) is 0 Å². The normalized spacial score (nSPS) is 17.7. The maximum absolute atomic E-state index is 11.6. The van der Waals surface area contributed by atoms with Crippen molar-refractivity contribution in [3.05, 3.63) is 55.3 Å². The van der Waals surface area contributed by atoms with Gasteiger partial charge in [0.15, 0.2) is 0 Å². The number of hydrogen-bond acceptors (Lipinski definition) is 4. The van der Waals surface area contributed by atoms with Gasteiger partial charge >= 0.3 is 0 Å². The molecule has 0 aliphatic heterocycles. The molecule has 2 aromatic carbocycles. The van der Waals surface area contributed by atoms with Crippen molar-refractivity contribution >= 4 is 11.4 Å². The van der Waals surface area contributed by atoms with Crippen molar-refractivity contribution in [2.24, 2.45) is 5.92 Å². The Balaban J connectivity index is 1.90. The summed E-state index contributed by atoms with van der Waals surface area (Å²) in [6.45, 7) is 4.42. The number of aryl methyl sites for hydroxylation is 1. The van der Waals surface area contributed by atoms with Gasteiger partial charge in [-0.2, -0.15) is 0 Å². The Hall–Kier alpha value is -2.10. The lowest BCUT2D eigenvalue weighted by Gasteiger charge is -2.28. The summed E-state index contributed by atoms with van der Waals surface area (Å²) in [6.07, 6.45) is 4.14. The fourth-order valence-corrected chi connectivity index (χ4v) is 3.32. The van der Waals surface area contributed by atoms with Gasteiger partial charge in [0, 0.05) is 0 Å². The number of hydrogen-bond donors (Lipinski definition) is 2. The van der Waals surface area contributed by atoms with E-state index < -0.39 is 10.9 Å². The molecule has 1 atom stereocenters. The zero-order chi connectivity index (χ0) is 15.9. The largest absolute Gasteiger partial charge is 0.394 e. The highest BCUT2D eigenvalue weighted by molar-refractivity contribution is 5.72. The summed E-state index contributed by atoms with van der Waals surface area (Å²) in [5.41, 5.74) is 8.87.